The molecule has 0 aliphatic carbocycles. The van der Waals surface area contributed by atoms with Crippen LogP contribution < -0.4 is 20.8 Å². The van der Waals surface area contributed by atoms with Crippen molar-refractivity contribution in [2.45, 2.75) is 13.8 Å². The summed E-state index contributed by atoms with van der Waals surface area (Å²) in [5.74, 6) is 5.56. The minimum Gasteiger partial charge on any atom is -0.436 e. The van der Waals surface area contributed by atoms with Crippen molar-refractivity contribution in [1.29, 1.82) is 0 Å². The number of anilines is 3. The molecule has 1 aromatic carbocycles. The van der Waals surface area contributed by atoms with Crippen molar-refractivity contribution in [2.24, 2.45) is 0 Å². The number of hydrogen-bond acceptors (Lipinski definition) is 8. The second-order valence-corrected chi connectivity index (χ2v) is 8.43. The van der Waals surface area contributed by atoms with Gasteiger partial charge in [0.1, 0.15) is 11.3 Å². The van der Waals surface area contributed by atoms with Crippen LogP contribution in [0.5, 0.6) is 11.6 Å². The highest BCUT2D eigenvalue weighted by Crippen LogP contribution is 2.34. The molecule has 0 amide bonds. The fourth-order valence-corrected chi connectivity index (χ4v) is 3.95. The van der Waals surface area contributed by atoms with Crippen LogP contribution in [0.3, 0.4) is 0 Å². The molecule has 4 aromatic rings. The summed E-state index contributed by atoms with van der Waals surface area (Å²) in [6, 6.07) is 5.87. The van der Waals surface area contributed by atoms with Crippen LogP contribution in [0, 0.1) is 25.5 Å². The third-order valence-electron chi connectivity index (χ3n) is 5.84. The lowest BCUT2D eigenvalue weighted by molar-refractivity contribution is 0.312. The molecular weight excluding hydrogens is 444 g/mol. The summed E-state index contributed by atoms with van der Waals surface area (Å²) in [6.45, 7) is 6.79. The van der Waals surface area contributed by atoms with Gasteiger partial charge in [-0.25, -0.2) is 8.78 Å². The number of ether oxygens (including phenoxy) is 1. The predicted molar refractivity (Wildman–Crippen MR) is 125 cm³/mol. The molecule has 1 saturated heterocycles. The molecule has 1 fully saturated rings. The lowest BCUT2D eigenvalue weighted by Gasteiger charge is -2.33. The van der Waals surface area contributed by atoms with Gasteiger partial charge in [-0.3, -0.25) is 9.77 Å². The Bertz CT molecular complexity index is 1360. The molecule has 5 rings (SSSR count). The SMILES string of the molecule is Cc1cc(Nc2nc(Oc3cc(F)c4c(cc(C)n4N)c3F)cc(N3CCN(C)CC3)n2)n[nH]1. The summed E-state index contributed by atoms with van der Waals surface area (Å²) >= 11 is 0. The van der Waals surface area contributed by atoms with Crippen LogP contribution in [0.4, 0.5) is 26.4 Å². The fraction of sp³-hybridized carbons (Fsp3) is 0.318. The van der Waals surface area contributed by atoms with Crippen LogP contribution in [0.15, 0.2) is 24.3 Å². The highest BCUT2D eigenvalue weighted by Gasteiger charge is 2.21. The lowest BCUT2D eigenvalue weighted by Crippen LogP contribution is -2.44. The van der Waals surface area contributed by atoms with E-state index >= 15 is 4.39 Å². The van der Waals surface area contributed by atoms with E-state index in [0.717, 1.165) is 42.6 Å². The maximum Gasteiger partial charge on any atom is 0.233 e. The number of H-pyrrole nitrogens is 1. The molecule has 1 aliphatic rings. The Morgan fingerprint density at radius 1 is 1.06 bits per heavy atom. The number of rotatable bonds is 5. The minimum atomic E-state index is -0.721. The molecule has 0 radical (unpaired) electrons. The number of aryl methyl sites for hydroxylation is 2. The first kappa shape index (κ1) is 21.9. The predicted octanol–water partition coefficient (Wildman–Crippen LogP) is 3.05. The Hall–Kier alpha value is -3.93. The topological polar surface area (TPSA) is 113 Å². The molecule has 34 heavy (non-hydrogen) atoms. The second-order valence-electron chi connectivity index (χ2n) is 8.43. The van der Waals surface area contributed by atoms with Crippen LogP contribution in [-0.4, -0.2) is 63.0 Å². The van der Waals surface area contributed by atoms with Gasteiger partial charge in [0, 0.05) is 61.2 Å². The number of likely N-dealkylation sites (N-methyl/N-ethyl adjacent to an activating group) is 1. The molecule has 4 heterocycles. The molecule has 0 saturated carbocycles. The van der Waals surface area contributed by atoms with E-state index in [1.807, 2.05) is 6.92 Å². The van der Waals surface area contributed by atoms with Crippen LogP contribution in [-0.2, 0) is 0 Å². The quantitative estimate of drug-likeness (QED) is 0.382. The largest absolute Gasteiger partial charge is 0.436 e. The number of nitrogens with zero attached hydrogens (tertiary/aromatic N) is 6. The van der Waals surface area contributed by atoms with E-state index in [9.17, 15) is 4.39 Å². The number of nitrogens with two attached hydrogens (primary N) is 1. The van der Waals surface area contributed by atoms with Gasteiger partial charge in [0.05, 0.1) is 0 Å². The van der Waals surface area contributed by atoms with Crippen molar-refractivity contribution in [3.05, 3.63) is 47.3 Å². The third-order valence-corrected chi connectivity index (χ3v) is 5.84. The van der Waals surface area contributed by atoms with Gasteiger partial charge in [-0.05, 0) is 27.0 Å². The van der Waals surface area contributed by atoms with Crippen LogP contribution in [0.2, 0.25) is 0 Å². The van der Waals surface area contributed by atoms with Gasteiger partial charge < -0.3 is 25.7 Å². The van der Waals surface area contributed by atoms with Crippen molar-refractivity contribution >= 4 is 28.5 Å². The monoisotopic (exact) mass is 469 g/mol. The Labute approximate surface area is 194 Å². The summed E-state index contributed by atoms with van der Waals surface area (Å²) in [6.07, 6.45) is 0. The zero-order valence-corrected chi connectivity index (χ0v) is 19.1. The van der Waals surface area contributed by atoms with E-state index in [-0.39, 0.29) is 28.5 Å². The Kier molecular flexibility index (Phi) is 5.44. The zero-order chi connectivity index (χ0) is 24.0. The molecule has 0 bridgehead atoms. The van der Waals surface area contributed by atoms with E-state index in [4.69, 9.17) is 10.6 Å². The van der Waals surface area contributed by atoms with Gasteiger partial charge in [-0.15, -0.1) is 0 Å². The number of piperazine rings is 1. The van der Waals surface area contributed by atoms with E-state index in [1.165, 1.54) is 6.07 Å². The Balaban J connectivity index is 1.53. The molecule has 0 unspecified atom stereocenters. The van der Waals surface area contributed by atoms with Crippen LogP contribution in [0.25, 0.3) is 10.9 Å². The van der Waals surface area contributed by atoms with Crippen molar-refractivity contribution in [3.8, 4) is 11.6 Å². The Morgan fingerprint density at radius 3 is 2.53 bits per heavy atom. The summed E-state index contributed by atoms with van der Waals surface area (Å²) in [4.78, 5) is 13.3. The molecule has 1 aliphatic heterocycles. The van der Waals surface area contributed by atoms with E-state index < -0.39 is 11.6 Å². The number of nitrogens with one attached hydrogen (secondary N) is 2. The molecule has 0 spiro atoms. The van der Waals surface area contributed by atoms with Gasteiger partial charge in [-0.2, -0.15) is 15.1 Å². The highest BCUT2D eigenvalue weighted by atomic mass is 19.1. The van der Waals surface area contributed by atoms with Gasteiger partial charge in [0.25, 0.3) is 0 Å². The highest BCUT2D eigenvalue weighted by molar-refractivity contribution is 5.84. The first-order chi connectivity index (χ1) is 16.3. The number of benzene rings is 1. The fourth-order valence-electron chi connectivity index (χ4n) is 3.95. The smallest absolute Gasteiger partial charge is 0.233 e. The van der Waals surface area contributed by atoms with E-state index in [0.29, 0.717) is 17.3 Å². The normalized spacial score (nSPS) is 14.7. The van der Waals surface area contributed by atoms with Gasteiger partial charge >= 0.3 is 0 Å². The molecule has 0 atom stereocenters. The van der Waals surface area contributed by atoms with Crippen molar-refractivity contribution in [1.82, 2.24) is 29.7 Å². The Morgan fingerprint density at radius 2 is 1.82 bits per heavy atom. The number of hydrogen-bond donors (Lipinski definition) is 3. The number of aromatic amines is 1. The maximum absolute atomic E-state index is 15.2. The lowest BCUT2D eigenvalue weighted by atomic mass is 10.2. The minimum absolute atomic E-state index is 0.0283. The van der Waals surface area contributed by atoms with Crippen LogP contribution in [0.1, 0.15) is 11.4 Å². The van der Waals surface area contributed by atoms with E-state index in [1.54, 1.807) is 19.1 Å². The summed E-state index contributed by atoms with van der Waals surface area (Å²) in [5, 5.41) is 10.1. The molecule has 3 aromatic heterocycles. The number of nitrogen functional groups attached to an aromatic ring is 1. The first-order valence-corrected chi connectivity index (χ1v) is 10.8. The maximum atomic E-state index is 15.2. The van der Waals surface area contributed by atoms with Gasteiger partial charge in [0.15, 0.2) is 23.2 Å². The van der Waals surface area contributed by atoms with E-state index in [2.05, 4.69) is 42.3 Å². The molecular formula is C22H25F2N9O. The molecule has 10 nitrogen and oxygen atoms in total. The average molecular weight is 470 g/mol. The van der Waals surface area contributed by atoms with Crippen LogP contribution >= 0.6 is 0 Å². The summed E-state index contributed by atoms with van der Waals surface area (Å²) < 4.78 is 36.9. The summed E-state index contributed by atoms with van der Waals surface area (Å²) in [7, 11) is 2.06. The van der Waals surface area contributed by atoms with Crippen molar-refractivity contribution in [2.75, 3.05) is 49.3 Å². The van der Waals surface area contributed by atoms with Gasteiger partial charge in [0.2, 0.25) is 11.8 Å². The standard InChI is InChI=1S/C22H25F2N9O/c1-12-8-17(30-29-12)26-22-27-18(32-6-4-31(3)5-7-32)11-19(28-22)34-16-10-15(23)21-14(20(16)24)9-13(2)33(21)25/h8-11H,4-7,25H2,1-3H3,(H2,26,27,28,29,30). The van der Waals surface area contributed by atoms with Crippen molar-refractivity contribution < 1.29 is 13.5 Å². The average Bonchev–Trinajstić information content (AvgIpc) is 3.34. The third kappa shape index (κ3) is 4.07. The molecule has 178 valence electrons. The van der Waals surface area contributed by atoms with Gasteiger partial charge in [-0.1, -0.05) is 0 Å². The van der Waals surface area contributed by atoms with Crippen molar-refractivity contribution in [3.63, 3.8) is 0 Å². The zero-order valence-electron chi connectivity index (χ0n) is 19.1. The first-order valence-electron chi connectivity index (χ1n) is 10.8. The second kappa shape index (κ2) is 8.45. The molecule has 4 N–H and O–H groups in total. The summed E-state index contributed by atoms with van der Waals surface area (Å²) in [5.41, 5.74) is 1.35. The molecule has 12 heteroatoms. The number of halogens is 2. The number of aromatic nitrogens is 5. The number of fused-ring (bicyclic) bond motifs is 1.